The first-order chi connectivity index (χ1) is 9.92. The topological polar surface area (TPSA) is 66.8 Å². The van der Waals surface area contributed by atoms with Crippen LogP contribution in [-0.2, 0) is 14.3 Å². The zero-order valence-corrected chi connectivity index (χ0v) is 13.4. The van der Waals surface area contributed by atoms with Gasteiger partial charge in [-0.2, -0.15) is 0 Å². The Morgan fingerprint density at radius 2 is 1.57 bits per heavy atom. The number of carbonyl (C=O) groups is 2. The molecule has 2 bridgehead atoms. The number of amides is 1. The molecule has 6 atom stereocenters. The van der Waals surface area contributed by atoms with Gasteiger partial charge < -0.3 is 14.7 Å². The van der Waals surface area contributed by atoms with Crippen molar-refractivity contribution in [2.45, 2.75) is 77.7 Å². The largest absolute Gasteiger partial charge is 0.481 e. The highest BCUT2D eigenvalue weighted by molar-refractivity contribution is 5.87. The smallest absolute Gasteiger partial charge is 0.310 e. The number of fused-ring (bicyclic) bond motifs is 2. The zero-order valence-electron chi connectivity index (χ0n) is 13.4. The fourth-order valence-electron chi connectivity index (χ4n) is 3.74. The molecule has 0 aromatic heterocycles. The molecule has 2 aliphatic heterocycles. The van der Waals surface area contributed by atoms with Gasteiger partial charge in [-0.1, -0.05) is 13.8 Å². The first kappa shape index (κ1) is 16.3. The molecule has 5 heteroatoms. The molecular weight excluding hydrogens is 270 g/mol. The Labute approximate surface area is 126 Å². The maximum atomic E-state index is 13.0. The van der Waals surface area contributed by atoms with Crippen LogP contribution < -0.4 is 0 Å². The summed E-state index contributed by atoms with van der Waals surface area (Å²) >= 11 is 0. The van der Waals surface area contributed by atoms with Gasteiger partial charge in [0.15, 0.2) is 0 Å². The van der Waals surface area contributed by atoms with E-state index in [0.717, 1.165) is 25.7 Å². The van der Waals surface area contributed by atoms with Crippen LogP contribution >= 0.6 is 0 Å². The molecule has 0 saturated carbocycles. The predicted molar refractivity (Wildman–Crippen MR) is 78.9 cm³/mol. The van der Waals surface area contributed by atoms with Gasteiger partial charge >= 0.3 is 5.97 Å². The highest BCUT2D eigenvalue weighted by atomic mass is 16.5. The first-order valence-electron chi connectivity index (χ1n) is 8.12. The normalized spacial score (nSPS) is 33.7. The molecule has 1 N–H and O–H groups in total. The third-order valence-corrected chi connectivity index (χ3v) is 5.23. The molecule has 0 aromatic rings. The second-order valence-electron chi connectivity index (χ2n) is 6.44. The van der Waals surface area contributed by atoms with E-state index in [-0.39, 0.29) is 30.2 Å². The molecule has 120 valence electrons. The second-order valence-corrected chi connectivity index (χ2v) is 6.44. The quantitative estimate of drug-likeness (QED) is 0.817. The number of aliphatic carboxylic acids is 1. The first-order valence-corrected chi connectivity index (χ1v) is 8.12. The van der Waals surface area contributed by atoms with Gasteiger partial charge in [0.05, 0.1) is 24.0 Å². The molecule has 2 fully saturated rings. The zero-order chi connectivity index (χ0) is 15.7. The summed E-state index contributed by atoms with van der Waals surface area (Å²) in [6.45, 7) is 8.18. The van der Waals surface area contributed by atoms with Crippen molar-refractivity contribution in [3.8, 4) is 0 Å². The van der Waals surface area contributed by atoms with Crippen molar-refractivity contribution in [3.05, 3.63) is 0 Å². The van der Waals surface area contributed by atoms with E-state index >= 15 is 0 Å². The van der Waals surface area contributed by atoms with Crippen molar-refractivity contribution in [2.24, 2.45) is 11.8 Å². The lowest BCUT2D eigenvalue weighted by Gasteiger charge is -2.38. The SMILES string of the molecule is CC[C@@H](C)N(C(=O)[C@H]1[C@@H](C(=O)O)[C@@H]2CC[C@@H]1O2)[C@@H](C)CC. The molecule has 0 unspecified atom stereocenters. The summed E-state index contributed by atoms with van der Waals surface area (Å²) in [4.78, 5) is 26.5. The van der Waals surface area contributed by atoms with Crippen LogP contribution in [0.25, 0.3) is 0 Å². The van der Waals surface area contributed by atoms with E-state index in [0.29, 0.717) is 0 Å². The van der Waals surface area contributed by atoms with Gasteiger partial charge in [0, 0.05) is 12.1 Å². The Bertz CT molecular complexity index is 401. The lowest BCUT2D eigenvalue weighted by atomic mass is 9.78. The second kappa shape index (κ2) is 6.34. The highest BCUT2D eigenvalue weighted by Crippen LogP contribution is 2.44. The molecule has 5 nitrogen and oxygen atoms in total. The van der Waals surface area contributed by atoms with Crippen LogP contribution in [0.4, 0.5) is 0 Å². The Balaban J connectivity index is 2.25. The van der Waals surface area contributed by atoms with Crippen molar-refractivity contribution in [1.29, 1.82) is 0 Å². The van der Waals surface area contributed by atoms with Crippen LogP contribution in [0.3, 0.4) is 0 Å². The van der Waals surface area contributed by atoms with Crippen LogP contribution in [0.1, 0.15) is 53.4 Å². The van der Waals surface area contributed by atoms with Crippen molar-refractivity contribution < 1.29 is 19.4 Å². The number of hydrogen-bond acceptors (Lipinski definition) is 3. The minimum absolute atomic E-state index is 0.0294. The highest BCUT2D eigenvalue weighted by Gasteiger charge is 2.56. The average molecular weight is 297 g/mol. The molecule has 0 spiro atoms. The van der Waals surface area contributed by atoms with Gasteiger partial charge in [-0.25, -0.2) is 0 Å². The number of carbonyl (C=O) groups excluding carboxylic acids is 1. The lowest BCUT2D eigenvalue weighted by molar-refractivity contribution is -0.153. The van der Waals surface area contributed by atoms with E-state index in [1.807, 2.05) is 18.7 Å². The molecule has 2 heterocycles. The number of ether oxygens (including phenoxy) is 1. The van der Waals surface area contributed by atoms with Crippen molar-refractivity contribution >= 4 is 11.9 Å². The standard InChI is InChI=1S/C16H27NO4/c1-5-9(3)17(10(4)6-2)15(18)13-11-7-8-12(21-11)14(13)16(19)20/h9-14H,5-8H2,1-4H3,(H,19,20)/t9-,10+,11-,12-,13+,14-/m0/s1. The summed E-state index contributed by atoms with van der Waals surface area (Å²) in [7, 11) is 0. The minimum Gasteiger partial charge on any atom is -0.481 e. The van der Waals surface area contributed by atoms with Crippen LogP contribution in [0.5, 0.6) is 0 Å². The van der Waals surface area contributed by atoms with E-state index in [1.165, 1.54) is 0 Å². The number of rotatable bonds is 6. The Morgan fingerprint density at radius 1 is 1.10 bits per heavy atom. The molecule has 0 aromatic carbocycles. The summed E-state index contributed by atoms with van der Waals surface area (Å²) in [6.07, 6.45) is 2.82. The van der Waals surface area contributed by atoms with Crippen molar-refractivity contribution in [1.82, 2.24) is 4.90 Å². The third-order valence-electron chi connectivity index (χ3n) is 5.23. The molecule has 0 aliphatic carbocycles. The van der Waals surface area contributed by atoms with Gasteiger partial charge in [-0.15, -0.1) is 0 Å². The maximum Gasteiger partial charge on any atom is 0.310 e. The number of carboxylic acid groups (broad SMARTS) is 1. The van der Waals surface area contributed by atoms with Crippen LogP contribution in [0.2, 0.25) is 0 Å². The van der Waals surface area contributed by atoms with Gasteiger partial charge in [-0.3, -0.25) is 9.59 Å². The molecular formula is C16H27NO4. The van der Waals surface area contributed by atoms with Crippen molar-refractivity contribution in [2.75, 3.05) is 0 Å². The van der Waals surface area contributed by atoms with E-state index < -0.39 is 17.8 Å². The molecule has 21 heavy (non-hydrogen) atoms. The summed E-state index contributed by atoms with van der Waals surface area (Å²) in [5.41, 5.74) is 0. The molecule has 1 amide bonds. The van der Waals surface area contributed by atoms with Crippen LogP contribution in [0.15, 0.2) is 0 Å². The monoisotopic (exact) mass is 297 g/mol. The fraction of sp³-hybridized carbons (Fsp3) is 0.875. The summed E-state index contributed by atoms with van der Waals surface area (Å²) in [5.74, 6) is -2.11. The molecule has 0 radical (unpaired) electrons. The summed E-state index contributed by atoms with van der Waals surface area (Å²) < 4.78 is 5.73. The summed E-state index contributed by atoms with van der Waals surface area (Å²) in [6, 6.07) is 0.252. The van der Waals surface area contributed by atoms with E-state index in [2.05, 4.69) is 13.8 Å². The van der Waals surface area contributed by atoms with Gasteiger partial charge in [0.2, 0.25) is 5.91 Å². The summed E-state index contributed by atoms with van der Waals surface area (Å²) in [5, 5.41) is 9.48. The van der Waals surface area contributed by atoms with E-state index in [4.69, 9.17) is 4.74 Å². The number of carboxylic acids is 1. The van der Waals surface area contributed by atoms with E-state index in [9.17, 15) is 14.7 Å². The molecule has 2 aliphatic rings. The van der Waals surface area contributed by atoms with Crippen LogP contribution in [0, 0.1) is 11.8 Å². The molecule has 2 rings (SSSR count). The van der Waals surface area contributed by atoms with Gasteiger partial charge in [-0.05, 0) is 39.5 Å². The lowest BCUT2D eigenvalue weighted by Crippen LogP contribution is -2.51. The number of hydrogen-bond donors (Lipinski definition) is 1. The minimum atomic E-state index is -0.895. The van der Waals surface area contributed by atoms with Crippen LogP contribution in [-0.4, -0.2) is 46.2 Å². The van der Waals surface area contributed by atoms with E-state index in [1.54, 1.807) is 0 Å². The van der Waals surface area contributed by atoms with Gasteiger partial charge in [0.1, 0.15) is 0 Å². The predicted octanol–water partition coefficient (Wildman–Crippen LogP) is 2.29. The Morgan fingerprint density at radius 3 is 2.00 bits per heavy atom. The molecule has 2 saturated heterocycles. The van der Waals surface area contributed by atoms with Crippen molar-refractivity contribution in [3.63, 3.8) is 0 Å². The van der Waals surface area contributed by atoms with Gasteiger partial charge in [0.25, 0.3) is 0 Å². The Hall–Kier alpha value is -1.10. The maximum absolute atomic E-state index is 13.0. The Kier molecular flexibility index (Phi) is 4.91. The average Bonchev–Trinajstić information content (AvgIpc) is 3.07. The fourth-order valence-corrected chi connectivity index (χ4v) is 3.74. The number of nitrogens with zero attached hydrogens (tertiary/aromatic N) is 1. The third kappa shape index (κ3) is 2.80.